The molecule has 2 N–H and O–H groups in total. The molecule has 1 aromatic carbocycles. The first-order valence-electron chi connectivity index (χ1n) is 10.4. The van der Waals surface area contributed by atoms with Crippen LogP contribution in [0.1, 0.15) is 47.3 Å². The lowest BCUT2D eigenvalue weighted by molar-refractivity contribution is -0.119. The van der Waals surface area contributed by atoms with Gasteiger partial charge in [-0.1, -0.05) is 12.1 Å². The summed E-state index contributed by atoms with van der Waals surface area (Å²) in [6, 6.07) is 8.18. The number of benzene rings is 1. The smallest absolute Gasteiger partial charge is 0.226 e. The van der Waals surface area contributed by atoms with Crippen LogP contribution in [0.4, 0.5) is 5.69 Å². The number of aromatic nitrogens is 1. The van der Waals surface area contributed by atoms with Gasteiger partial charge in [-0.25, -0.2) is 9.98 Å². The molecule has 0 aliphatic carbocycles. The quantitative estimate of drug-likeness (QED) is 0.538. The number of hydrogen-bond donors (Lipinski definition) is 2. The van der Waals surface area contributed by atoms with Crippen molar-refractivity contribution in [1.29, 1.82) is 0 Å². The van der Waals surface area contributed by atoms with Crippen molar-refractivity contribution in [2.45, 2.75) is 53.0 Å². The van der Waals surface area contributed by atoms with E-state index in [-0.39, 0.29) is 5.91 Å². The van der Waals surface area contributed by atoms with Gasteiger partial charge in [0.1, 0.15) is 0 Å². The van der Waals surface area contributed by atoms with Gasteiger partial charge in [0.05, 0.1) is 17.2 Å². The number of carbonyl (C=O) groups is 1. The summed E-state index contributed by atoms with van der Waals surface area (Å²) in [4.78, 5) is 24.5. The first-order valence-corrected chi connectivity index (χ1v) is 11.2. The number of guanidine groups is 1. The van der Waals surface area contributed by atoms with Crippen LogP contribution in [-0.2, 0) is 17.8 Å². The molecule has 0 saturated carbocycles. The normalized spacial score (nSPS) is 14.9. The second-order valence-electron chi connectivity index (χ2n) is 7.29. The lowest BCUT2D eigenvalue weighted by Gasteiger charge is -2.26. The van der Waals surface area contributed by atoms with Crippen LogP contribution in [0.25, 0.3) is 0 Å². The molecule has 2 heterocycles. The Labute approximate surface area is 177 Å². The second-order valence-corrected chi connectivity index (χ2v) is 8.58. The maximum absolute atomic E-state index is 12.1. The summed E-state index contributed by atoms with van der Waals surface area (Å²) in [6.45, 7) is 9.27. The zero-order chi connectivity index (χ0) is 20.6. The maximum atomic E-state index is 12.1. The highest BCUT2D eigenvalue weighted by molar-refractivity contribution is 7.11. The molecule has 1 aromatic heterocycles. The van der Waals surface area contributed by atoms with Gasteiger partial charge in [0, 0.05) is 43.0 Å². The van der Waals surface area contributed by atoms with E-state index >= 15 is 0 Å². The van der Waals surface area contributed by atoms with Crippen LogP contribution in [-0.4, -0.2) is 36.5 Å². The fourth-order valence-electron chi connectivity index (χ4n) is 3.31. The molecule has 2 aromatic rings. The molecular formula is C22H31N5OS. The number of nitrogens with one attached hydrogen (secondary N) is 2. The fourth-order valence-corrected chi connectivity index (χ4v) is 4.24. The van der Waals surface area contributed by atoms with Crippen molar-refractivity contribution in [3.05, 3.63) is 45.4 Å². The molecule has 6 nitrogen and oxygen atoms in total. The van der Waals surface area contributed by atoms with Gasteiger partial charge in [0.2, 0.25) is 5.91 Å². The summed E-state index contributed by atoms with van der Waals surface area (Å²) in [7, 11) is 0. The standard InChI is InChI=1S/C22H31N5OS/c1-4-23-22(24-13-12-20-26-16(2)17(3)29-20)25-15-18-8-10-19(11-9-18)27-14-6-5-7-21(27)28/h8-11H,4-7,12-15H2,1-3H3,(H2,23,24,25). The van der Waals surface area contributed by atoms with Crippen molar-refractivity contribution in [2.75, 3.05) is 24.5 Å². The van der Waals surface area contributed by atoms with E-state index in [0.29, 0.717) is 13.0 Å². The van der Waals surface area contributed by atoms with Gasteiger partial charge >= 0.3 is 0 Å². The predicted molar refractivity (Wildman–Crippen MR) is 121 cm³/mol. The van der Waals surface area contributed by atoms with Crippen LogP contribution in [0.2, 0.25) is 0 Å². The zero-order valence-electron chi connectivity index (χ0n) is 17.6. The molecule has 0 radical (unpaired) electrons. The molecule has 0 spiro atoms. The minimum Gasteiger partial charge on any atom is -0.357 e. The molecular weight excluding hydrogens is 382 g/mol. The topological polar surface area (TPSA) is 69.6 Å². The number of aryl methyl sites for hydroxylation is 2. The number of aliphatic imine (C=N–C) groups is 1. The molecule has 3 rings (SSSR count). The SMILES string of the molecule is CCNC(=NCc1ccc(N2CCCCC2=O)cc1)NCCc1nc(C)c(C)s1. The predicted octanol–water partition coefficient (Wildman–Crippen LogP) is 3.57. The molecule has 1 aliphatic heterocycles. The first-order chi connectivity index (χ1) is 14.1. The lowest BCUT2D eigenvalue weighted by Crippen LogP contribution is -2.38. The molecule has 29 heavy (non-hydrogen) atoms. The van der Waals surface area contributed by atoms with E-state index in [1.165, 1.54) is 4.88 Å². The minimum absolute atomic E-state index is 0.228. The first kappa shape index (κ1) is 21.3. The van der Waals surface area contributed by atoms with Gasteiger partial charge in [-0.3, -0.25) is 4.79 Å². The van der Waals surface area contributed by atoms with Crippen molar-refractivity contribution in [1.82, 2.24) is 15.6 Å². The zero-order valence-corrected chi connectivity index (χ0v) is 18.4. The van der Waals surface area contributed by atoms with Crippen molar-refractivity contribution in [3.8, 4) is 0 Å². The van der Waals surface area contributed by atoms with Gasteiger partial charge in [0.15, 0.2) is 5.96 Å². The average molecular weight is 414 g/mol. The maximum Gasteiger partial charge on any atom is 0.226 e. The van der Waals surface area contributed by atoms with Gasteiger partial charge in [-0.05, 0) is 51.3 Å². The van der Waals surface area contributed by atoms with Gasteiger partial charge in [-0.15, -0.1) is 11.3 Å². The number of piperidine rings is 1. The monoisotopic (exact) mass is 413 g/mol. The van der Waals surface area contributed by atoms with Gasteiger partial charge in [-0.2, -0.15) is 0 Å². The largest absolute Gasteiger partial charge is 0.357 e. The number of rotatable bonds is 7. The molecule has 156 valence electrons. The van der Waals surface area contributed by atoms with E-state index in [1.54, 1.807) is 11.3 Å². The van der Waals surface area contributed by atoms with Crippen LogP contribution in [0.5, 0.6) is 0 Å². The van der Waals surface area contributed by atoms with Gasteiger partial charge < -0.3 is 15.5 Å². The summed E-state index contributed by atoms with van der Waals surface area (Å²) >= 11 is 1.76. The summed E-state index contributed by atoms with van der Waals surface area (Å²) in [5.74, 6) is 1.04. The summed E-state index contributed by atoms with van der Waals surface area (Å²) < 4.78 is 0. The third kappa shape index (κ3) is 6.03. The summed E-state index contributed by atoms with van der Waals surface area (Å²) in [6.07, 6.45) is 3.63. The van der Waals surface area contributed by atoms with E-state index in [0.717, 1.165) is 66.8 Å². The fraction of sp³-hybridized carbons (Fsp3) is 0.500. The molecule has 1 fully saturated rings. The van der Waals surface area contributed by atoms with Crippen LogP contribution in [0.15, 0.2) is 29.3 Å². The van der Waals surface area contributed by atoms with Crippen molar-refractivity contribution in [2.24, 2.45) is 4.99 Å². The van der Waals surface area contributed by atoms with E-state index in [2.05, 4.69) is 48.5 Å². The number of carbonyl (C=O) groups excluding carboxylic acids is 1. The number of amides is 1. The highest BCUT2D eigenvalue weighted by Crippen LogP contribution is 2.21. The molecule has 1 amide bonds. The van der Waals surface area contributed by atoms with Crippen molar-refractivity contribution < 1.29 is 4.79 Å². The highest BCUT2D eigenvalue weighted by Gasteiger charge is 2.19. The Bertz CT molecular complexity index is 824. The Morgan fingerprint density at radius 3 is 2.66 bits per heavy atom. The molecule has 0 bridgehead atoms. The van der Waals surface area contributed by atoms with E-state index in [4.69, 9.17) is 4.99 Å². The van der Waals surface area contributed by atoms with Crippen molar-refractivity contribution in [3.63, 3.8) is 0 Å². The van der Waals surface area contributed by atoms with Crippen LogP contribution in [0.3, 0.4) is 0 Å². The second kappa shape index (κ2) is 10.4. The lowest BCUT2D eigenvalue weighted by atomic mass is 10.1. The van der Waals surface area contributed by atoms with Crippen LogP contribution < -0.4 is 15.5 Å². The number of anilines is 1. The Hall–Kier alpha value is -2.41. The third-order valence-corrected chi connectivity index (χ3v) is 6.17. The summed E-state index contributed by atoms with van der Waals surface area (Å²) in [5.41, 5.74) is 3.24. The number of hydrogen-bond acceptors (Lipinski definition) is 4. The molecule has 0 atom stereocenters. The highest BCUT2D eigenvalue weighted by atomic mass is 32.1. The number of nitrogens with zero attached hydrogens (tertiary/aromatic N) is 3. The number of thiazole rings is 1. The minimum atomic E-state index is 0.228. The average Bonchev–Trinajstić information content (AvgIpc) is 3.04. The summed E-state index contributed by atoms with van der Waals surface area (Å²) in [5, 5.41) is 7.84. The van der Waals surface area contributed by atoms with Crippen molar-refractivity contribution >= 4 is 28.9 Å². The Morgan fingerprint density at radius 1 is 1.21 bits per heavy atom. The van der Waals surface area contributed by atoms with Gasteiger partial charge in [0.25, 0.3) is 0 Å². The van der Waals surface area contributed by atoms with E-state index < -0.39 is 0 Å². The third-order valence-electron chi connectivity index (χ3n) is 5.04. The Kier molecular flexibility index (Phi) is 7.63. The molecule has 1 aliphatic rings. The molecule has 0 unspecified atom stereocenters. The Morgan fingerprint density at radius 2 is 2.00 bits per heavy atom. The Balaban J connectivity index is 1.54. The van der Waals surface area contributed by atoms with E-state index in [1.807, 2.05) is 17.0 Å². The van der Waals surface area contributed by atoms with Crippen LogP contribution >= 0.6 is 11.3 Å². The molecule has 1 saturated heterocycles. The van der Waals surface area contributed by atoms with E-state index in [9.17, 15) is 4.79 Å². The van der Waals surface area contributed by atoms with Crippen LogP contribution in [0, 0.1) is 13.8 Å². The molecule has 7 heteroatoms.